The number of piperazine rings is 1. The summed E-state index contributed by atoms with van der Waals surface area (Å²) >= 11 is 0. The summed E-state index contributed by atoms with van der Waals surface area (Å²) in [4.78, 5) is 29.0. The molecule has 1 aliphatic rings. The lowest BCUT2D eigenvalue weighted by Gasteiger charge is -2.34. The molecule has 7 heteroatoms. The van der Waals surface area contributed by atoms with Crippen molar-refractivity contribution < 1.29 is 19.1 Å². The summed E-state index contributed by atoms with van der Waals surface area (Å²) in [6.45, 7) is 3.27. The molecule has 154 valence electrons. The van der Waals surface area contributed by atoms with Gasteiger partial charge in [-0.1, -0.05) is 36.4 Å². The van der Waals surface area contributed by atoms with E-state index in [0.29, 0.717) is 56.3 Å². The fraction of sp³-hybridized carbons (Fsp3) is 0.364. The third-order valence-electron chi connectivity index (χ3n) is 4.99. The zero-order chi connectivity index (χ0) is 20.6. The highest BCUT2D eigenvalue weighted by molar-refractivity contribution is 5.98. The van der Waals surface area contributed by atoms with Crippen molar-refractivity contribution >= 4 is 11.8 Å². The van der Waals surface area contributed by atoms with Crippen molar-refractivity contribution in [2.24, 2.45) is 0 Å². The summed E-state index contributed by atoms with van der Waals surface area (Å²) in [7, 11) is 3.08. The van der Waals surface area contributed by atoms with Gasteiger partial charge in [0.05, 0.1) is 26.3 Å². The molecule has 1 saturated heterocycles. The quantitative estimate of drug-likeness (QED) is 0.771. The smallest absolute Gasteiger partial charge is 0.257 e. The molecule has 0 spiro atoms. The van der Waals surface area contributed by atoms with Crippen LogP contribution in [0.5, 0.6) is 11.5 Å². The average molecular weight is 397 g/mol. The molecule has 2 aromatic carbocycles. The molecule has 2 aromatic rings. The molecule has 1 heterocycles. The van der Waals surface area contributed by atoms with Crippen LogP contribution < -0.4 is 14.8 Å². The molecule has 1 fully saturated rings. The number of carbonyl (C=O) groups is 2. The molecule has 1 N–H and O–H groups in total. The number of para-hydroxylation sites is 1. The normalized spacial score (nSPS) is 14.3. The fourth-order valence-corrected chi connectivity index (χ4v) is 3.39. The number of nitrogens with zero attached hydrogens (tertiary/aromatic N) is 2. The van der Waals surface area contributed by atoms with Crippen molar-refractivity contribution in [2.75, 3.05) is 46.9 Å². The first-order valence-electron chi connectivity index (χ1n) is 9.65. The molecule has 3 rings (SSSR count). The van der Waals surface area contributed by atoms with Gasteiger partial charge in [0.2, 0.25) is 5.91 Å². The number of hydrogen-bond donors (Lipinski definition) is 1. The van der Waals surface area contributed by atoms with Gasteiger partial charge < -0.3 is 19.7 Å². The molecule has 0 unspecified atom stereocenters. The fourth-order valence-electron chi connectivity index (χ4n) is 3.39. The molecule has 0 aliphatic carbocycles. The maximum Gasteiger partial charge on any atom is 0.257 e. The van der Waals surface area contributed by atoms with Crippen LogP contribution in [0, 0.1) is 0 Å². The van der Waals surface area contributed by atoms with Gasteiger partial charge >= 0.3 is 0 Å². The molecule has 0 saturated carbocycles. The van der Waals surface area contributed by atoms with E-state index in [9.17, 15) is 9.59 Å². The van der Waals surface area contributed by atoms with Crippen LogP contribution in [0.15, 0.2) is 48.5 Å². The minimum atomic E-state index is -0.0890. The van der Waals surface area contributed by atoms with E-state index in [2.05, 4.69) is 10.2 Å². The van der Waals surface area contributed by atoms with E-state index in [1.54, 1.807) is 30.2 Å². The van der Waals surface area contributed by atoms with Gasteiger partial charge in [0.25, 0.3) is 5.91 Å². The van der Waals surface area contributed by atoms with Gasteiger partial charge in [0.1, 0.15) is 0 Å². The summed E-state index contributed by atoms with van der Waals surface area (Å²) in [5, 5.41) is 2.94. The van der Waals surface area contributed by atoms with Crippen LogP contribution >= 0.6 is 0 Å². The van der Waals surface area contributed by atoms with E-state index < -0.39 is 0 Å². The zero-order valence-electron chi connectivity index (χ0n) is 16.9. The topological polar surface area (TPSA) is 71.1 Å². The first kappa shape index (κ1) is 20.7. The minimum absolute atomic E-state index is 0.0110. The van der Waals surface area contributed by atoms with Crippen molar-refractivity contribution in [3.63, 3.8) is 0 Å². The van der Waals surface area contributed by atoms with Crippen molar-refractivity contribution in [3.05, 3.63) is 59.7 Å². The second-order valence-electron chi connectivity index (χ2n) is 6.87. The molecule has 0 atom stereocenters. The molecule has 1 aliphatic heterocycles. The van der Waals surface area contributed by atoms with Crippen LogP contribution in [0.3, 0.4) is 0 Å². The molecule has 29 heavy (non-hydrogen) atoms. The maximum atomic E-state index is 12.9. The summed E-state index contributed by atoms with van der Waals surface area (Å²) in [5.74, 6) is 0.881. The SMILES string of the molecule is COc1cccc(C(=O)N2CCN(CC(=O)NCc3ccccc3)CC2)c1OC. The van der Waals surface area contributed by atoms with E-state index >= 15 is 0 Å². The van der Waals surface area contributed by atoms with E-state index in [1.165, 1.54) is 7.11 Å². The number of carbonyl (C=O) groups excluding carboxylic acids is 2. The van der Waals surface area contributed by atoms with Crippen LogP contribution in [0.4, 0.5) is 0 Å². The molecule has 0 radical (unpaired) electrons. The highest BCUT2D eigenvalue weighted by atomic mass is 16.5. The number of rotatable bonds is 7. The summed E-state index contributed by atoms with van der Waals surface area (Å²) < 4.78 is 10.7. The average Bonchev–Trinajstić information content (AvgIpc) is 2.77. The Morgan fingerprint density at radius 3 is 2.31 bits per heavy atom. The van der Waals surface area contributed by atoms with Gasteiger partial charge in [-0.15, -0.1) is 0 Å². The Morgan fingerprint density at radius 1 is 0.931 bits per heavy atom. The summed E-state index contributed by atoms with van der Waals surface area (Å²) in [6.07, 6.45) is 0. The second kappa shape index (κ2) is 9.93. The molecule has 2 amide bonds. The second-order valence-corrected chi connectivity index (χ2v) is 6.87. The largest absolute Gasteiger partial charge is 0.493 e. The monoisotopic (exact) mass is 397 g/mol. The lowest BCUT2D eigenvalue weighted by Crippen LogP contribution is -2.51. The molecular weight excluding hydrogens is 370 g/mol. The van der Waals surface area contributed by atoms with Gasteiger partial charge in [-0.2, -0.15) is 0 Å². The number of nitrogens with one attached hydrogen (secondary N) is 1. The lowest BCUT2D eigenvalue weighted by molar-refractivity contribution is -0.122. The van der Waals surface area contributed by atoms with Crippen molar-refractivity contribution in [2.45, 2.75) is 6.54 Å². The van der Waals surface area contributed by atoms with Gasteiger partial charge in [0, 0.05) is 32.7 Å². The van der Waals surface area contributed by atoms with E-state index in [1.807, 2.05) is 30.3 Å². The summed E-state index contributed by atoms with van der Waals surface area (Å²) in [5.41, 5.74) is 1.56. The molecule has 7 nitrogen and oxygen atoms in total. The van der Waals surface area contributed by atoms with Gasteiger partial charge in [-0.25, -0.2) is 0 Å². The number of hydrogen-bond acceptors (Lipinski definition) is 5. The molecular formula is C22H27N3O4. The molecule has 0 bridgehead atoms. The predicted molar refractivity (Wildman–Crippen MR) is 110 cm³/mol. The third kappa shape index (κ3) is 5.26. The maximum absolute atomic E-state index is 12.9. The number of amides is 2. The Kier molecular flexibility index (Phi) is 7.08. The zero-order valence-corrected chi connectivity index (χ0v) is 16.9. The predicted octanol–water partition coefficient (Wildman–Crippen LogP) is 1.78. The van der Waals surface area contributed by atoms with Crippen molar-refractivity contribution in [3.8, 4) is 11.5 Å². The van der Waals surface area contributed by atoms with Crippen molar-refractivity contribution in [1.29, 1.82) is 0 Å². The standard InChI is InChI=1S/C22H27N3O4/c1-28-19-10-6-9-18(21(19)29-2)22(27)25-13-11-24(12-14-25)16-20(26)23-15-17-7-4-3-5-8-17/h3-10H,11-16H2,1-2H3,(H,23,26). The first-order chi connectivity index (χ1) is 14.1. The summed E-state index contributed by atoms with van der Waals surface area (Å²) in [6, 6.07) is 15.1. The van der Waals surface area contributed by atoms with Gasteiger partial charge in [-0.05, 0) is 17.7 Å². The van der Waals surface area contributed by atoms with Crippen LogP contribution in [0.25, 0.3) is 0 Å². The highest BCUT2D eigenvalue weighted by Crippen LogP contribution is 2.31. The van der Waals surface area contributed by atoms with Crippen LogP contribution in [-0.2, 0) is 11.3 Å². The van der Waals surface area contributed by atoms with E-state index in [0.717, 1.165) is 5.56 Å². The number of ether oxygens (including phenoxy) is 2. The Hall–Kier alpha value is -3.06. The Labute approximate surface area is 171 Å². The Morgan fingerprint density at radius 2 is 1.66 bits per heavy atom. The number of methoxy groups -OCH3 is 2. The number of benzene rings is 2. The van der Waals surface area contributed by atoms with Crippen LogP contribution in [0.1, 0.15) is 15.9 Å². The molecule has 0 aromatic heterocycles. The third-order valence-corrected chi connectivity index (χ3v) is 4.99. The Balaban J connectivity index is 1.50. The highest BCUT2D eigenvalue weighted by Gasteiger charge is 2.26. The van der Waals surface area contributed by atoms with E-state index in [-0.39, 0.29) is 11.8 Å². The van der Waals surface area contributed by atoms with Crippen molar-refractivity contribution in [1.82, 2.24) is 15.1 Å². The van der Waals surface area contributed by atoms with Crippen LogP contribution in [-0.4, -0.2) is 68.6 Å². The minimum Gasteiger partial charge on any atom is -0.493 e. The Bertz CT molecular complexity index is 833. The first-order valence-corrected chi connectivity index (χ1v) is 9.65. The van der Waals surface area contributed by atoms with E-state index in [4.69, 9.17) is 9.47 Å². The lowest BCUT2D eigenvalue weighted by atomic mass is 10.1. The van der Waals surface area contributed by atoms with Gasteiger partial charge in [0.15, 0.2) is 11.5 Å². The van der Waals surface area contributed by atoms with Crippen LogP contribution in [0.2, 0.25) is 0 Å². The van der Waals surface area contributed by atoms with Gasteiger partial charge in [-0.3, -0.25) is 14.5 Å².